The average molecular weight is 310 g/mol. The molecule has 8 heteroatoms. The molecule has 0 aliphatic carbocycles. The summed E-state index contributed by atoms with van der Waals surface area (Å²) in [5.74, 6) is -2.34. The van der Waals surface area contributed by atoms with Crippen molar-refractivity contribution in [2.45, 2.75) is 13.1 Å². The molecule has 20 heavy (non-hydrogen) atoms. The summed E-state index contributed by atoms with van der Waals surface area (Å²) in [5, 5.41) is 1.98. The van der Waals surface area contributed by atoms with Crippen LogP contribution in [0.4, 0.5) is 18.9 Å². The van der Waals surface area contributed by atoms with Crippen LogP contribution in [0.2, 0.25) is 0 Å². The Labute approximate surface area is 117 Å². The van der Waals surface area contributed by atoms with Crippen molar-refractivity contribution in [3.63, 3.8) is 0 Å². The van der Waals surface area contributed by atoms with E-state index >= 15 is 0 Å². The Hall–Kier alpha value is -1.76. The quantitative estimate of drug-likeness (QED) is 0.687. The van der Waals surface area contributed by atoms with Crippen molar-refractivity contribution in [2.75, 3.05) is 17.8 Å². The van der Waals surface area contributed by atoms with Gasteiger partial charge in [0.1, 0.15) is 5.88 Å². The second kappa shape index (κ2) is 6.60. The molecule has 0 bridgehead atoms. The molecule has 0 aliphatic heterocycles. The Morgan fingerprint density at radius 1 is 1.35 bits per heavy atom. The van der Waals surface area contributed by atoms with Gasteiger partial charge in [-0.25, -0.2) is 4.79 Å². The molecule has 0 saturated carbocycles. The van der Waals surface area contributed by atoms with E-state index in [9.17, 15) is 22.8 Å². The molecule has 1 N–H and O–H groups in total. The maximum Gasteiger partial charge on any atom is 0.418 e. The van der Waals surface area contributed by atoms with Crippen molar-refractivity contribution in [1.82, 2.24) is 0 Å². The van der Waals surface area contributed by atoms with Gasteiger partial charge in [-0.3, -0.25) is 4.79 Å². The summed E-state index contributed by atoms with van der Waals surface area (Å²) in [7, 11) is 0. The predicted molar refractivity (Wildman–Crippen MR) is 66.8 cm³/mol. The number of hydrogen-bond acceptors (Lipinski definition) is 3. The highest BCUT2D eigenvalue weighted by molar-refractivity contribution is 6.29. The zero-order chi connectivity index (χ0) is 15.3. The number of ether oxygens (including phenoxy) is 1. The van der Waals surface area contributed by atoms with E-state index in [2.05, 4.69) is 4.74 Å². The fraction of sp³-hybridized carbons (Fsp3) is 0.333. The van der Waals surface area contributed by atoms with Crippen molar-refractivity contribution in [1.29, 1.82) is 0 Å². The molecule has 0 atom stereocenters. The second-order valence-corrected chi connectivity index (χ2v) is 3.90. The first-order valence-corrected chi connectivity index (χ1v) is 6.07. The summed E-state index contributed by atoms with van der Waals surface area (Å²) >= 11 is 5.25. The van der Waals surface area contributed by atoms with Crippen molar-refractivity contribution in [2.24, 2.45) is 0 Å². The van der Waals surface area contributed by atoms with E-state index in [0.29, 0.717) is 0 Å². The molecule has 0 aliphatic rings. The van der Waals surface area contributed by atoms with Crippen LogP contribution in [0, 0.1) is 0 Å². The number of alkyl halides is 4. The monoisotopic (exact) mass is 309 g/mol. The van der Waals surface area contributed by atoms with Gasteiger partial charge in [-0.2, -0.15) is 13.2 Å². The van der Waals surface area contributed by atoms with Gasteiger partial charge in [-0.15, -0.1) is 11.6 Å². The van der Waals surface area contributed by atoms with Gasteiger partial charge in [0.25, 0.3) is 0 Å². The summed E-state index contributed by atoms with van der Waals surface area (Å²) in [5.41, 5.74) is -2.16. The Morgan fingerprint density at radius 2 is 2.00 bits per heavy atom. The number of para-hydroxylation sites is 1. The van der Waals surface area contributed by atoms with Crippen LogP contribution in [0.3, 0.4) is 0 Å². The lowest BCUT2D eigenvalue weighted by Gasteiger charge is -2.16. The molecule has 0 unspecified atom stereocenters. The van der Waals surface area contributed by atoms with Gasteiger partial charge in [0, 0.05) is 0 Å². The predicted octanol–water partition coefficient (Wildman–Crippen LogP) is 3.06. The van der Waals surface area contributed by atoms with Gasteiger partial charge in [0.05, 0.1) is 23.4 Å². The van der Waals surface area contributed by atoms with E-state index in [0.717, 1.165) is 18.2 Å². The van der Waals surface area contributed by atoms with Crippen molar-refractivity contribution in [3.05, 3.63) is 29.3 Å². The molecule has 4 nitrogen and oxygen atoms in total. The lowest BCUT2D eigenvalue weighted by atomic mass is 10.1. The first-order valence-electron chi connectivity index (χ1n) is 5.54. The van der Waals surface area contributed by atoms with Crippen molar-refractivity contribution < 1.29 is 27.5 Å². The van der Waals surface area contributed by atoms with Gasteiger partial charge >= 0.3 is 12.1 Å². The van der Waals surface area contributed by atoms with E-state index < -0.39 is 35.2 Å². The van der Waals surface area contributed by atoms with Crippen molar-refractivity contribution >= 4 is 29.2 Å². The zero-order valence-corrected chi connectivity index (χ0v) is 11.1. The summed E-state index contributed by atoms with van der Waals surface area (Å²) in [6.45, 7) is 1.51. The third-order valence-corrected chi connectivity index (χ3v) is 2.49. The van der Waals surface area contributed by atoms with Crippen LogP contribution in [0.25, 0.3) is 0 Å². The molecule has 0 aromatic heterocycles. The van der Waals surface area contributed by atoms with E-state index in [1.54, 1.807) is 0 Å². The van der Waals surface area contributed by atoms with Crippen LogP contribution in [0.5, 0.6) is 0 Å². The number of carbonyl (C=O) groups excluding carboxylic acids is 2. The van der Waals surface area contributed by atoms with Crippen molar-refractivity contribution in [3.8, 4) is 0 Å². The van der Waals surface area contributed by atoms with Crippen LogP contribution >= 0.6 is 11.6 Å². The Bertz CT molecular complexity index is 517. The number of amides is 1. The highest BCUT2D eigenvalue weighted by atomic mass is 35.5. The fourth-order valence-corrected chi connectivity index (χ4v) is 1.54. The molecule has 0 spiro atoms. The minimum Gasteiger partial charge on any atom is -0.462 e. The summed E-state index contributed by atoms with van der Waals surface area (Å²) in [6.07, 6.45) is -4.72. The van der Waals surface area contributed by atoms with E-state index in [-0.39, 0.29) is 12.2 Å². The van der Waals surface area contributed by atoms with Gasteiger partial charge in [0.2, 0.25) is 5.91 Å². The Morgan fingerprint density at radius 3 is 2.50 bits per heavy atom. The number of nitrogens with one attached hydrogen (secondary N) is 1. The topological polar surface area (TPSA) is 55.4 Å². The van der Waals surface area contributed by atoms with Gasteiger partial charge in [0.15, 0.2) is 0 Å². The lowest BCUT2D eigenvalue weighted by molar-refractivity contribution is -0.137. The molecular weight excluding hydrogens is 299 g/mol. The van der Waals surface area contributed by atoms with Crippen LogP contribution in [0.1, 0.15) is 22.8 Å². The molecule has 0 saturated heterocycles. The highest BCUT2D eigenvalue weighted by Crippen LogP contribution is 2.36. The summed E-state index contributed by atoms with van der Waals surface area (Å²) in [6, 6.07) is 2.95. The number of anilines is 1. The molecule has 1 amide bonds. The Kier molecular flexibility index (Phi) is 5.38. The molecule has 1 aromatic carbocycles. The van der Waals surface area contributed by atoms with Crippen LogP contribution in [0.15, 0.2) is 18.2 Å². The number of benzene rings is 1. The molecule has 0 fully saturated rings. The van der Waals surface area contributed by atoms with Gasteiger partial charge in [-0.1, -0.05) is 6.07 Å². The normalized spacial score (nSPS) is 11.1. The summed E-state index contributed by atoms with van der Waals surface area (Å²) in [4.78, 5) is 22.9. The average Bonchev–Trinajstić information content (AvgIpc) is 2.37. The SMILES string of the molecule is CCOC(=O)c1cccc(C(F)(F)F)c1NC(=O)CCl. The molecule has 1 rings (SSSR count). The third kappa shape index (κ3) is 3.86. The van der Waals surface area contributed by atoms with Crippen LogP contribution in [-0.4, -0.2) is 24.4 Å². The molecule has 1 aromatic rings. The maximum atomic E-state index is 12.9. The summed E-state index contributed by atoms with van der Waals surface area (Å²) < 4.78 is 43.3. The first kappa shape index (κ1) is 16.3. The van der Waals surface area contributed by atoms with Gasteiger partial charge < -0.3 is 10.1 Å². The minimum absolute atomic E-state index is 0.00201. The lowest BCUT2D eigenvalue weighted by Crippen LogP contribution is -2.21. The number of hydrogen-bond donors (Lipinski definition) is 1. The van der Waals surface area contributed by atoms with Crippen LogP contribution in [-0.2, 0) is 15.7 Å². The minimum atomic E-state index is -4.72. The molecular formula is C12H11ClF3NO3. The first-order chi connectivity index (χ1) is 9.31. The number of halogens is 4. The van der Waals surface area contributed by atoms with E-state index in [1.165, 1.54) is 6.92 Å². The molecule has 0 radical (unpaired) electrons. The number of carbonyl (C=O) groups is 2. The third-order valence-electron chi connectivity index (χ3n) is 2.25. The second-order valence-electron chi connectivity index (χ2n) is 3.63. The highest BCUT2D eigenvalue weighted by Gasteiger charge is 2.36. The van der Waals surface area contributed by atoms with Crippen LogP contribution < -0.4 is 5.32 Å². The fourth-order valence-electron chi connectivity index (χ4n) is 1.47. The van der Waals surface area contributed by atoms with E-state index in [1.807, 2.05) is 5.32 Å². The number of esters is 1. The molecule has 110 valence electrons. The standard InChI is InChI=1S/C12H11ClF3NO3/c1-2-20-11(19)7-4-3-5-8(12(14,15)16)10(7)17-9(18)6-13/h3-5H,2,6H2,1H3,(H,17,18). The zero-order valence-electron chi connectivity index (χ0n) is 10.4. The van der Waals surface area contributed by atoms with Gasteiger partial charge in [-0.05, 0) is 19.1 Å². The molecule has 0 heterocycles. The smallest absolute Gasteiger partial charge is 0.418 e. The van der Waals surface area contributed by atoms with E-state index in [4.69, 9.17) is 11.6 Å². The Balaban J connectivity index is 3.36. The maximum absolute atomic E-state index is 12.9. The largest absolute Gasteiger partial charge is 0.462 e. The number of rotatable bonds is 4.